The summed E-state index contributed by atoms with van der Waals surface area (Å²) in [4.78, 5) is 12.3. The fourth-order valence-corrected chi connectivity index (χ4v) is 2.74. The number of carbonyl (C=O) groups is 1. The normalized spacial score (nSPS) is 26.0. The number of carbonyl (C=O) groups excluding carboxylic acids is 1. The smallest absolute Gasteiger partial charge is 0.251 e. The van der Waals surface area contributed by atoms with E-state index in [4.69, 9.17) is 9.47 Å². The molecule has 5 heteroatoms. The second-order valence-electron chi connectivity index (χ2n) is 5.36. The Hall–Kier alpha value is -1.59. The van der Waals surface area contributed by atoms with Crippen molar-refractivity contribution in [1.82, 2.24) is 5.32 Å². The molecule has 0 unspecified atom stereocenters. The predicted molar refractivity (Wildman–Crippen MR) is 79.5 cm³/mol. The Kier molecular flexibility index (Phi) is 5.59. The molecule has 1 fully saturated rings. The molecule has 0 spiro atoms. The van der Waals surface area contributed by atoms with Crippen LogP contribution < -0.4 is 10.1 Å². The average molecular weight is 293 g/mol. The fraction of sp³-hybridized carbons (Fsp3) is 0.562. The molecule has 1 aromatic carbocycles. The van der Waals surface area contributed by atoms with Gasteiger partial charge in [0.25, 0.3) is 5.91 Å². The summed E-state index contributed by atoms with van der Waals surface area (Å²) in [5.74, 6) is 0.438. The number of hydrogen-bond donors (Lipinski definition) is 2. The number of benzene rings is 1. The molecule has 1 aliphatic carbocycles. The number of amides is 1. The minimum absolute atomic E-state index is 0.199. The molecule has 116 valence electrons. The lowest BCUT2D eigenvalue weighted by Crippen LogP contribution is -2.48. The number of ether oxygens (including phenoxy) is 2. The highest BCUT2D eigenvalue weighted by molar-refractivity contribution is 5.94. The summed E-state index contributed by atoms with van der Waals surface area (Å²) < 4.78 is 10.4. The molecule has 2 rings (SSSR count). The van der Waals surface area contributed by atoms with Crippen molar-refractivity contribution >= 4 is 5.91 Å². The molecule has 21 heavy (non-hydrogen) atoms. The highest BCUT2D eigenvalue weighted by Crippen LogP contribution is 2.21. The van der Waals surface area contributed by atoms with Crippen molar-refractivity contribution in [1.29, 1.82) is 0 Å². The molecule has 0 aromatic heterocycles. The Morgan fingerprint density at radius 3 is 2.76 bits per heavy atom. The van der Waals surface area contributed by atoms with Crippen LogP contribution in [0.2, 0.25) is 0 Å². The molecule has 0 radical (unpaired) electrons. The van der Waals surface area contributed by atoms with Crippen molar-refractivity contribution < 1.29 is 19.4 Å². The highest BCUT2D eigenvalue weighted by atomic mass is 16.5. The molecular weight excluding hydrogens is 270 g/mol. The molecule has 0 aliphatic heterocycles. The maximum Gasteiger partial charge on any atom is 0.251 e. The summed E-state index contributed by atoms with van der Waals surface area (Å²) in [6.45, 7) is 0. The standard InChI is InChI=1S/C16H23NO4/c1-20-12-7-5-6-11(10-12)16(19)17-13-8-3-4-9-14(21-2)15(13)18/h5-7,10,13-15,18H,3-4,8-9H2,1-2H3,(H,17,19)/t13-,14-,15-/m1/s1. The number of aliphatic hydroxyl groups is 1. The van der Waals surface area contributed by atoms with Gasteiger partial charge in [0.15, 0.2) is 0 Å². The molecule has 1 aromatic rings. The highest BCUT2D eigenvalue weighted by Gasteiger charge is 2.31. The van der Waals surface area contributed by atoms with Gasteiger partial charge >= 0.3 is 0 Å². The van der Waals surface area contributed by atoms with E-state index in [9.17, 15) is 9.90 Å². The zero-order valence-corrected chi connectivity index (χ0v) is 12.5. The molecule has 1 saturated carbocycles. The summed E-state index contributed by atoms with van der Waals surface area (Å²) in [7, 11) is 3.16. The summed E-state index contributed by atoms with van der Waals surface area (Å²) >= 11 is 0. The van der Waals surface area contributed by atoms with E-state index in [2.05, 4.69) is 5.32 Å². The van der Waals surface area contributed by atoms with Gasteiger partial charge in [0.1, 0.15) is 11.9 Å². The first-order chi connectivity index (χ1) is 10.2. The van der Waals surface area contributed by atoms with Crippen LogP contribution in [0.5, 0.6) is 5.75 Å². The molecule has 1 aliphatic rings. The monoisotopic (exact) mass is 293 g/mol. The van der Waals surface area contributed by atoms with Crippen LogP contribution in [0.1, 0.15) is 36.0 Å². The number of hydrogen-bond acceptors (Lipinski definition) is 4. The largest absolute Gasteiger partial charge is 0.497 e. The second-order valence-corrected chi connectivity index (χ2v) is 5.36. The van der Waals surface area contributed by atoms with E-state index in [0.717, 1.165) is 25.7 Å². The van der Waals surface area contributed by atoms with E-state index in [-0.39, 0.29) is 18.1 Å². The maximum absolute atomic E-state index is 12.3. The van der Waals surface area contributed by atoms with Gasteiger partial charge in [0, 0.05) is 12.7 Å². The molecule has 1 amide bonds. The molecule has 3 atom stereocenters. The predicted octanol–water partition coefficient (Wildman–Crippen LogP) is 1.74. The molecule has 2 N–H and O–H groups in total. The van der Waals surface area contributed by atoms with Crippen LogP contribution in [0.4, 0.5) is 0 Å². The molecule has 0 saturated heterocycles. The third-order valence-corrected chi connectivity index (χ3v) is 4.00. The minimum atomic E-state index is -0.674. The van der Waals surface area contributed by atoms with Gasteiger partial charge in [0.05, 0.1) is 19.3 Å². The average Bonchev–Trinajstić information content (AvgIpc) is 2.69. The SMILES string of the molecule is COc1cccc(C(=O)N[C@@H]2CCCC[C@@H](OC)[C@@H]2O)c1. The van der Waals surface area contributed by atoms with E-state index in [0.29, 0.717) is 11.3 Å². The molecule has 0 heterocycles. The van der Waals surface area contributed by atoms with Crippen molar-refractivity contribution in [2.45, 2.75) is 43.9 Å². The number of rotatable bonds is 4. The lowest BCUT2D eigenvalue weighted by molar-refractivity contribution is -0.0277. The van der Waals surface area contributed by atoms with Gasteiger partial charge in [-0.1, -0.05) is 18.9 Å². The van der Waals surface area contributed by atoms with Crippen LogP contribution in [-0.4, -0.2) is 43.5 Å². The van der Waals surface area contributed by atoms with Gasteiger partial charge in [-0.05, 0) is 31.0 Å². The zero-order chi connectivity index (χ0) is 15.2. The summed E-state index contributed by atoms with van der Waals surface area (Å²) in [5, 5.41) is 13.3. The fourth-order valence-electron chi connectivity index (χ4n) is 2.74. The van der Waals surface area contributed by atoms with Crippen LogP contribution in [-0.2, 0) is 4.74 Å². The van der Waals surface area contributed by atoms with Gasteiger partial charge in [-0.25, -0.2) is 0 Å². The minimum Gasteiger partial charge on any atom is -0.497 e. The van der Waals surface area contributed by atoms with E-state index in [1.54, 1.807) is 38.5 Å². The first-order valence-electron chi connectivity index (χ1n) is 7.31. The van der Waals surface area contributed by atoms with Crippen molar-refractivity contribution in [2.24, 2.45) is 0 Å². The molecule has 5 nitrogen and oxygen atoms in total. The summed E-state index contributed by atoms with van der Waals surface area (Å²) in [5.41, 5.74) is 0.528. The first kappa shape index (κ1) is 15.8. The van der Waals surface area contributed by atoms with Crippen LogP contribution in [0.25, 0.3) is 0 Å². The van der Waals surface area contributed by atoms with E-state index >= 15 is 0 Å². The Labute approximate surface area is 125 Å². The third-order valence-electron chi connectivity index (χ3n) is 4.00. The second kappa shape index (κ2) is 7.43. The Morgan fingerprint density at radius 1 is 1.29 bits per heavy atom. The zero-order valence-electron chi connectivity index (χ0n) is 12.5. The lowest BCUT2D eigenvalue weighted by Gasteiger charge is -2.27. The van der Waals surface area contributed by atoms with E-state index in [1.807, 2.05) is 0 Å². The van der Waals surface area contributed by atoms with Crippen LogP contribution in [0.15, 0.2) is 24.3 Å². The van der Waals surface area contributed by atoms with Crippen molar-refractivity contribution in [2.75, 3.05) is 14.2 Å². The maximum atomic E-state index is 12.3. The summed E-state index contributed by atoms with van der Waals surface area (Å²) in [6.07, 6.45) is 2.66. The van der Waals surface area contributed by atoms with Crippen LogP contribution in [0.3, 0.4) is 0 Å². The summed E-state index contributed by atoms with van der Waals surface area (Å²) in [6, 6.07) is 6.70. The van der Waals surface area contributed by atoms with Crippen LogP contribution in [0, 0.1) is 0 Å². The van der Waals surface area contributed by atoms with Gasteiger partial charge < -0.3 is 19.9 Å². The van der Waals surface area contributed by atoms with Crippen LogP contribution >= 0.6 is 0 Å². The molecule has 0 bridgehead atoms. The third kappa shape index (κ3) is 3.95. The van der Waals surface area contributed by atoms with Gasteiger partial charge in [-0.2, -0.15) is 0 Å². The van der Waals surface area contributed by atoms with E-state index < -0.39 is 6.10 Å². The van der Waals surface area contributed by atoms with Gasteiger partial charge in [-0.3, -0.25) is 4.79 Å². The Balaban J connectivity index is 2.06. The quantitative estimate of drug-likeness (QED) is 0.830. The van der Waals surface area contributed by atoms with Crippen molar-refractivity contribution in [3.05, 3.63) is 29.8 Å². The number of nitrogens with one attached hydrogen (secondary N) is 1. The lowest BCUT2D eigenvalue weighted by atomic mass is 10.0. The van der Waals surface area contributed by atoms with Gasteiger partial charge in [-0.15, -0.1) is 0 Å². The Bertz CT molecular complexity index is 477. The topological polar surface area (TPSA) is 67.8 Å². The number of aliphatic hydroxyl groups excluding tert-OH is 1. The van der Waals surface area contributed by atoms with Crippen molar-refractivity contribution in [3.8, 4) is 5.75 Å². The first-order valence-corrected chi connectivity index (χ1v) is 7.31. The van der Waals surface area contributed by atoms with Gasteiger partial charge in [0.2, 0.25) is 0 Å². The van der Waals surface area contributed by atoms with E-state index in [1.165, 1.54) is 0 Å². The molecular formula is C16H23NO4. The van der Waals surface area contributed by atoms with Crippen molar-refractivity contribution in [3.63, 3.8) is 0 Å². The number of methoxy groups -OCH3 is 2. The Morgan fingerprint density at radius 2 is 2.05 bits per heavy atom.